The molecule has 1 aromatic heterocycles. The van der Waals surface area contributed by atoms with Crippen molar-refractivity contribution in [3.63, 3.8) is 0 Å². The van der Waals surface area contributed by atoms with Crippen molar-refractivity contribution >= 4 is 32.3 Å². The van der Waals surface area contributed by atoms with Gasteiger partial charge in [0.25, 0.3) is 0 Å². The summed E-state index contributed by atoms with van der Waals surface area (Å²) in [6.45, 7) is 0. The van der Waals surface area contributed by atoms with Crippen molar-refractivity contribution in [2.24, 2.45) is 0 Å². The van der Waals surface area contributed by atoms with E-state index in [-0.39, 0.29) is 0 Å². The number of benzene rings is 1. The molecule has 15 heavy (non-hydrogen) atoms. The molecule has 0 spiro atoms. The highest BCUT2D eigenvalue weighted by atomic mass is 79.9. The van der Waals surface area contributed by atoms with Gasteiger partial charge in [0.15, 0.2) is 0 Å². The summed E-state index contributed by atoms with van der Waals surface area (Å²) in [7, 11) is 1.66. The molecule has 0 atom stereocenters. The fourth-order valence-corrected chi connectivity index (χ4v) is 2.55. The van der Waals surface area contributed by atoms with Crippen molar-refractivity contribution in [2.75, 3.05) is 12.8 Å². The van der Waals surface area contributed by atoms with E-state index in [0.717, 1.165) is 26.4 Å². The standard InChI is InChI=1S/C11H10BrNOS/c1-14-10-3-2-7(4-9(10)12)8-5-11(13)15-6-8/h2-6H,13H2,1H3. The Morgan fingerprint density at radius 3 is 2.60 bits per heavy atom. The maximum atomic E-state index is 5.69. The van der Waals surface area contributed by atoms with Crippen molar-refractivity contribution in [3.05, 3.63) is 34.1 Å². The number of halogens is 1. The Morgan fingerprint density at radius 2 is 2.07 bits per heavy atom. The van der Waals surface area contributed by atoms with Crippen molar-refractivity contribution in [3.8, 4) is 16.9 Å². The van der Waals surface area contributed by atoms with Gasteiger partial charge in [-0.15, -0.1) is 11.3 Å². The maximum Gasteiger partial charge on any atom is 0.133 e. The van der Waals surface area contributed by atoms with Gasteiger partial charge in [0.2, 0.25) is 0 Å². The summed E-state index contributed by atoms with van der Waals surface area (Å²) < 4.78 is 6.12. The lowest BCUT2D eigenvalue weighted by atomic mass is 10.1. The smallest absolute Gasteiger partial charge is 0.133 e. The Morgan fingerprint density at radius 1 is 1.27 bits per heavy atom. The third-order valence-electron chi connectivity index (χ3n) is 2.10. The molecule has 2 rings (SSSR count). The molecule has 2 aromatic rings. The minimum Gasteiger partial charge on any atom is -0.496 e. The highest BCUT2D eigenvalue weighted by Gasteiger charge is 2.04. The number of ether oxygens (including phenoxy) is 1. The minimum atomic E-state index is 0.831. The summed E-state index contributed by atoms with van der Waals surface area (Å²) in [6.07, 6.45) is 0. The van der Waals surface area contributed by atoms with Gasteiger partial charge in [-0.05, 0) is 45.3 Å². The first-order valence-corrected chi connectivity index (χ1v) is 6.06. The van der Waals surface area contributed by atoms with Gasteiger partial charge in [-0.2, -0.15) is 0 Å². The van der Waals surface area contributed by atoms with Crippen LogP contribution in [0.5, 0.6) is 5.75 Å². The predicted molar refractivity (Wildman–Crippen MR) is 68.4 cm³/mol. The molecule has 0 saturated carbocycles. The van der Waals surface area contributed by atoms with Crippen LogP contribution in [-0.2, 0) is 0 Å². The SMILES string of the molecule is COc1ccc(-c2csc(N)c2)cc1Br. The van der Waals surface area contributed by atoms with Crippen molar-refractivity contribution in [1.29, 1.82) is 0 Å². The van der Waals surface area contributed by atoms with Crippen LogP contribution in [0.3, 0.4) is 0 Å². The van der Waals surface area contributed by atoms with E-state index in [0.29, 0.717) is 0 Å². The van der Waals surface area contributed by atoms with Crippen LogP contribution in [0.1, 0.15) is 0 Å². The average molecular weight is 284 g/mol. The van der Waals surface area contributed by atoms with Gasteiger partial charge in [0, 0.05) is 5.38 Å². The monoisotopic (exact) mass is 283 g/mol. The summed E-state index contributed by atoms with van der Waals surface area (Å²) in [4.78, 5) is 0. The molecular weight excluding hydrogens is 274 g/mol. The van der Waals surface area contributed by atoms with Crippen LogP contribution >= 0.6 is 27.3 Å². The van der Waals surface area contributed by atoms with Crippen molar-refractivity contribution < 1.29 is 4.74 Å². The lowest BCUT2D eigenvalue weighted by Gasteiger charge is -2.04. The molecule has 0 amide bonds. The summed E-state index contributed by atoms with van der Waals surface area (Å²) >= 11 is 5.00. The number of nitrogens with two attached hydrogens (primary N) is 1. The van der Waals surface area contributed by atoms with Gasteiger partial charge in [0.05, 0.1) is 16.6 Å². The zero-order chi connectivity index (χ0) is 10.8. The normalized spacial score (nSPS) is 10.3. The number of hydrogen-bond acceptors (Lipinski definition) is 3. The summed E-state index contributed by atoms with van der Waals surface area (Å²) in [5, 5.41) is 2.88. The zero-order valence-electron chi connectivity index (χ0n) is 8.16. The number of rotatable bonds is 2. The molecular formula is C11H10BrNOS. The molecule has 78 valence electrons. The van der Waals surface area contributed by atoms with Crippen LogP contribution in [-0.4, -0.2) is 7.11 Å². The molecule has 0 unspecified atom stereocenters. The van der Waals surface area contributed by atoms with Crippen LogP contribution in [0.2, 0.25) is 0 Å². The lowest BCUT2D eigenvalue weighted by Crippen LogP contribution is -1.84. The van der Waals surface area contributed by atoms with Gasteiger partial charge in [0.1, 0.15) is 5.75 Å². The molecule has 0 fully saturated rings. The molecule has 1 aromatic carbocycles. The first-order valence-electron chi connectivity index (χ1n) is 4.38. The Balaban J connectivity index is 2.42. The van der Waals surface area contributed by atoms with Crippen LogP contribution < -0.4 is 10.5 Å². The number of hydrogen-bond donors (Lipinski definition) is 1. The van der Waals surface area contributed by atoms with Crippen LogP contribution in [0, 0.1) is 0 Å². The first kappa shape index (κ1) is 10.5. The van der Waals surface area contributed by atoms with E-state index in [1.54, 1.807) is 18.4 Å². The minimum absolute atomic E-state index is 0.831. The fraction of sp³-hybridized carbons (Fsp3) is 0.0909. The largest absolute Gasteiger partial charge is 0.496 e. The van der Waals surface area contributed by atoms with E-state index in [9.17, 15) is 0 Å². The maximum absolute atomic E-state index is 5.69. The van der Waals surface area contributed by atoms with E-state index >= 15 is 0 Å². The van der Waals surface area contributed by atoms with E-state index in [4.69, 9.17) is 10.5 Å². The lowest BCUT2D eigenvalue weighted by molar-refractivity contribution is 0.412. The molecule has 0 aliphatic carbocycles. The number of nitrogen functional groups attached to an aromatic ring is 1. The molecule has 4 heteroatoms. The third kappa shape index (κ3) is 2.16. The number of thiophene rings is 1. The Labute approximate surface area is 101 Å². The van der Waals surface area contributed by atoms with E-state index in [2.05, 4.69) is 15.9 Å². The van der Waals surface area contributed by atoms with Crippen LogP contribution in [0.15, 0.2) is 34.1 Å². The average Bonchev–Trinajstić information content (AvgIpc) is 2.65. The van der Waals surface area contributed by atoms with E-state index in [1.807, 2.05) is 29.6 Å². The second-order valence-corrected chi connectivity index (χ2v) is 4.88. The molecule has 0 radical (unpaired) electrons. The molecule has 2 nitrogen and oxygen atoms in total. The number of anilines is 1. The second-order valence-electron chi connectivity index (χ2n) is 3.09. The van der Waals surface area contributed by atoms with Gasteiger partial charge in [-0.25, -0.2) is 0 Å². The van der Waals surface area contributed by atoms with E-state index < -0.39 is 0 Å². The summed E-state index contributed by atoms with van der Waals surface area (Å²) in [5.41, 5.74) is 7.97. The Kier molecular flexibility index (Phi) is 2.98. The fourth-order valence-electron chi connectivity index (χ4n) is 1.35. The summed E-state index contributed by atoms with van der Waals surface area (Å²) in [6, 6.07) is 7.96. The quantitative estimate of drug-likeness (QED) is 0.911. The highest BCUT2D eigenvalue weighted by molar-refractivity contribution is 9.10. The van der Waals surface area contributed by atoms with Crippen LogP contribution in [0.25, 0.3) is 11.1 Å². The van der Waals surface area contributed by atoms with E-state index in [1.165, 1.54) is 0 Å². The first-order chi connectivity index (χ1) is 7.20. The predicted octanol–water partition coefficient (Wildman–Crippen LogP) is 3.77. The Bertz CT molecular complexity index is 481. The Hall–Kier alpha value is -1.00. The second kappa shape index (κ2) is 4.24. The highest BCUT2D eigenvalue weighted by Crippen LogP contribution is 2.33. The molecule has 0 bridgehead atoms. The molecule has 0 aliphatic heterocycles. The third-order valence-corrected chi connectivity index (χ3v) is 3.49. The van der Waals surface area contributed by atoms with Gasteiger partial charge < -0.3 is 10.5 Å². The van der Waals surface area contributed by atoms with Crippen molar-refractivity contribution in [1.82, 2.24) is 0 Å². The van der Waals surface area contributed by atoms with Gasteiger partial charge in [-0.1, -0.05) is 6.07 Å². The van der Waals surface area contributed by atoms with Crippen LogP contribution in [0.4, 0.5) is 5.00 Å². The van der Waals surface area contributed by atoms with Gasteiger partial charge >= 0.3 is 0 Å². The summed E-state index contributed by atoms with van der Waals surface area (Å²) in [5.74, 6) is 0.835. The molecule has 0 aliphatic rings. The van der Waals surface area contributed by atoms with Gasteiger partial charge in [-0.3, -0.25) is 0 Å². The topological polar surface area (TPSA) is 35.2 Å². The van der Waals surface area contributed by atoms with Crippen molar-refractivity contribution in [2.45, 2.75) is 0 Å². The zero-order valence-corrected chi connectivity index (χ0v) is 10.6. The molecule has 1 heterocycles. The number of methoxy groups -OCH3 is 1. The molecule has 2 N–H and O–H groups in total. The molecule has 0 saturated heterocycles.